The molecule has 84 valence electrons. The quantitative estimate of drug-likeness (QED) is 0.771. The second-order valence-corrected chi connectivity index (χ2v) is 4.21. The zero-order valence-corrected chi connectivity index (χ0v) is 11.2. The molecule has 0 aliphatic rings. The van der Waals surface area contributed by atoms with Gasteiger partial charge < -0.3 is 4.90 Å². The summed E-state index contributed by atoms with van der Waals surface area (Å²) in [6.45, 7) is 8.43. The summed E-state index contributed by atoms with van der Waals surface area (Å²) in [6.07, 6.45) is 2.01. The summed E-state index contributed by atoms with van der Waals surface area (Å²) in [5.74, 6) is 1.92. The highest BCUT2D eigenvalue weighted by atomic mass is 79.9. The molecule has 1 aromatic heterocycles. The lowest BCUT2D eigenvalue weighted by Crippen LogP contribution is -2.25. The molecule has 0 saturated carbocycles. The van der Waals surface area contributed by atoms with Gasteiger partial charge in [0, 0.05) is 25.6 Å². The van der Waals surface area contributed by atoms with Gasteiger partial charge in [-0.15, -0.1) is 0 Å². The molecule has 0 unspecified atom stereocenters. The Balaban J connectivity index is 2.95. The molecule has 0 amide bonds. The van der Waals surface area contributed by atoms with Crippen LogP contribution in [0.2, 0.25) is 0 Å². The van der Waals surface area contributed by atoms with Crippen molar-refractivity contribution in [2.24, 2.45) is 0 Å². The van der Waals surface area contributed by atoms with Crippen molar-refractivity contribution >= 4 is 21.7 Å². The number of hydrogen-bond donors (Lipinski definition) is 0. The second-order valence-electron chi connectivity index (χ2n) is 3.40. The highest BCUT2D eigenvalue weighted by Crippen LogP contribution is 2.16. The third-order valence-corrected chi connectivity index (χ3v) is 2.65. The first-order valence-electron chi connectivity index (χ1n) is 5.49. The number of rotatable bonds is 5. The molecule has 0 spiro atoms. The number of anilines is 1. The summed E-state index contributed by atoms with van der Waals surface area (Å²) in [6, 6.07) is 1.98. The Kier molecular flexibility index (Phi) is 5.02. The van der Waals surface area contributed by atoms with E-state index in [2.05, 4.69) is 51.6 Å². The first-order chi connectivity index (χ1) is 7.21. The fourth-order valence-electron chi connectivity index (χ4n) is 1.48. The van der Waals surface area contributed by atoms with E-state index in [0.717, 1.165) is 42.2 Å². The van der Waals surface area contributed by atoms with Crippen molar-refractivity contribution in [2.75, 3.05) is 18.0 Å². The molecule has 0 fully saturated rings. The van der Waals surface area contributed by atoms with Crippen molar-refractivity contribution in [3.63, 3.8) is 0 Å². The van der Waals surface area contributed by atoms with Gasteiger partial charge in [0.15, 0.2) is 0 Å². The van der Waals surface area contributed by atoms with E-state index in [-0.39, 0.29) is 0 Å². The van der Waals surface area contributed by atoms with Crippen molar-refractivity contribution in [1.29, 1.82) is 0 Å². The van der Waals surface area contributed by atoms with Gasteiger partial charge >= 0.3 is 0 Å². The van der Waals surface area contributed by atoms with Crippen molar-refractivity contribution in [1.82, 2.24) is 9.97 Å². The Labute approximate surface area is 100 Å². The smallest absolute Gasteiger partial charge is 0.133 e. The van der Waals surface area contributed by atoms with Crippen LogP contribution in [0.1, 0.15) is 33.0 Å². The summed E-state index contributed by atoms with van der Waals surface area (Å²) in [5.41, 5.74) is 0. The predicted octanol–water partition coefficient (Wildman–Crippen LogP) is 3.04. The van der Waals surface area contributed by atoms with E-state index in [4.69, 9.17) is 0 Å². The van der Waals surface area contributed by atoms with E-state index < -0.39 is 0 Å². The average molecular weight is 272 g/mol. The van der Waals surface area contributed by atoms with Gasteiger partial charge in [0.1, 0.15) is 16.2 Å². The van der Waals surface area contributed by atoms with Crippen LogP contribution in [-0.4, -0.2) is 23.1 Å². The molecule has 1 rings (SSSR count). The standard InChI is InChI=1S/C11H18BrN3/c1-4-7-15(6-3)11-8-9(12)13-10(5-2)14-11/h8H,4-7H2,1-3H3. The molecule has 0 aromatic carbocycles. The van der Waals surface area contributed by atoms with Crippen LogP contribution < -0.4 is 4.90 Å². The minimum Gasteiger partial charge on any atom is -0.357 e. The highest BCUT2D eigenvalue weighted by molar-refractivity contribution is 9.10. The van der Waals surface area contributed by atoms with Gasteiger partial charge in [0.25, 0.3) is 0 Å². The predicted molar refractivity (Wildman–Crippen MR) is 67.3 cm³/mol. The number of nitrogens with zero attached hydrogens (tertiary/aromatic N) is 3. The van der Waals surface area contributed by atoms with E-state index in [9.17, 15) is 0 Å². The summed E-state index contributed by atoms with van der Waals surface area (Å²) in [7, 11) is 0. The van der Waals surface area contributed by atoms with E-state index >= 15 is 0 Å². The van der Waals surface area contributed by atoms with Crippen LogP contribution in [0.3, 0.4) is 0 Å². The SMILES string of the molecule is CCCN(CC)c1cc(Br)nc(CC)n1. The Morgan fingerprint density at radius 3 is 2.53 bits per heavy atom. The summed E-state index contributed by atoms with van der Waals surface area (Å²) in [5, 5.41) is 0. The minimum absolute atomic E-state index is 0.871. The second kappa shape index (κ2) is 6.05. The number of hydrogen-bond acceptors (Lipinski definition) is 3. The highest BCUT2D eigenvalue weighted by Gasteiger charge is 2.07. The summed E-state index contributed by atoms with van der Waals surface area (Å²) >= 11 is 3.42. The molecule has 0 bridgehead atoms. The monoisotopic (exact) mass is 271 g/mol. The molecular weight excluding hydrogens is 254 g/mol. The van der Waals surface area contributed by atoms with Crippen molar-refractivity contribution in [3.05, 3.63) is 16.5 Å². The molecule has 3 nitrogen and oxygen atoms in total. The molecule has 0 saturated heterocycles. The van der Waals surface area contributed by atoms with Crippen LogP contribution in [0.25, 0.3) is 0 Å². The van der Waals surface area contributed by atoms with Crippen molar-refractivity contribution < 1.29 is 0 Å². The van der Waals surface area contributed by atoms with Crippen LogP contribution >= 0.6 is 15.9 Å². The molecule has 0 radical (unpaired) electrons. The normalized spacial score (nSPS) is 10.4. The van der Waals surface area contributed by atoms with Gasteiger partial charge in [-0.3, -0.25) is 0 Å². The maximum absolute atomic E-state index is 4.53. The molecule has 4 heteroatoms. The lowest BCUT2D eigenvalue weighted by atomic mass is 10.3. The van der Waals surface area contributed by atoms with Gasteiger partial charge in [-0.05, 0) is 29.3 Å². The Morgan fingerprint density at radius 1 is 1.27 bits per heavy atom. The van der Waals surface area contributed by atoms with E-state index in [0.29, 0.717) is 0 Å². The van der Waals surface area contributed by atoms with Crippen LogP contribution in [0.4, 0.5) is 5.82 Å². The number of halogens is 1. The molecule has 0 aliphatic carbocycles. The van der Waals surface area contributed by atoms with Crippen LogP contribution in [-0.2, 0) is 6.42 Å². The van der Waals surface area contributed by atoms with Crippen LogP contribution in [0, 0.1) is 0 Å². The Morgan fingerprint density at radius 2 is 2.00 bits per heavy atom. The topological polar surface area (TPSA) is 29.0 Å². The lowest BCUT2D eigenvalue weighted by Gasteiger charge is -2.21. The molecule has 0 atom stereocenters. The Hall–Kier alpha value is -0.640. The zero-order valence-electron chi connectivity index (χ0n) is 9.63. The largest absolute Gasteiger partial charge is 0.357 e. The Bertz CT molecular complexity index is 315. The fourth-order valence-corrected chi connectivity index (χ4v) is 1.89. The van der Waals surface area contributed by atoms with E-state index in [1.54, 1.807) is 0 Å². The maximum atomic E-state index is 4.53. The minimum atomic E-state index is 0.871. The molecule has 1 aromatic rings. The van der Waals surface area contributed by atoms with Crippen molar-refractivity contribution in [3.8, 4) is 0 Å². The van der Waals surface area contributed by atoms with Crippen LogP contribution in [0.15, 0.2) is 10.7 Å². The first kappa shape index (κ1) is 12.4. The molecule has 0 N–H and O–H groups in total. The maximum Gasteiger partial charge on any atom is 0.133 e. The first-order valence-corrected chi connectivity index (χ1v) is 6.28. The lowest BCUT2D eigenvalue weighted by molar-refractivity contribution is 0.766. The van der Waals surface area contributed by atoms with Crippen molar-refractivity contribution in [2.45, 2.75) is 33.6 Å². The summed E-state index contributed by atoms with van der Waals surface area (Å²) in [4.78, 5) is 11.1. The average Bonchev–Trinajstić information content (AvgIpc) is 2.24. The molecule has 0 aliphatic heterocycles. The molecular formula is C11H18BrN3. The zero-order chi connectivity index (χ0) is 11.3. The molecule has 15 heavy (non-hydrogen) atoms. The fraction of sp³-hybridized carbons (Fsp3) is 0.636. The van der Waals surface area contributed by atoms with Gasteiger partial charge in [0.05, 0.1) is 0 Å². The van der Waals surface area contributed by atoms with Gasteiger partial charge in [0.2, 0.25) is 0 Å². The number of aryl methyl sites for hydroxylation is 1. The van der Waals surface area contributed by atoms with E-state index in [1.807, 2.05) is 6.07 Å². The third kappa shape index (κ3) is 3.45. The van der Waals surface area contributed by atoms with E-state index in [1.165, 1.54) is 0 Å². The summed E-state index contributed by atoms with van der Waals surface area (Å²) < 4.78 is 0.874. The van der Waals surface area contributed by atoms with Gasteiger partial charge in [-0.2, -0.15) is 0 Å². The van der Waals surface area contributed by atoms with Crippen LogP contribution in [0.5, 0.6) is 0 Å². The number of aromatic nitrogens is 2. The molecule has 1 heterocycles. The third-order valence-electron chi connectivity index (χ3n) is 2.24. The van der Waals surface area contributed by atoms with Gasteiger partial charge in [-0.1, -0.05) is 13.8 Å². The van der Waals surface area contributed by atoms with Gasteiger partial charge in [-0.25, -0.2) is 9.97 Å².